The van der Waals surface area contributed by atoms with E-state index in [4.69, 9.17) is 0 Å². The summed E-state index contributed by atoms with van der Waals surface area (Å²) in [7, 11) is 0. The molecule has 1 heterocycles. The third-order valence-corrected chi connectivity index (χ3v) is 3.13. The first-order valence-electron chi connectivity index (χ1n) is 5.68. The third-order valence-electron chi connectivity index (χ3n) is 2.63. The van der Waals surface area contributed by atoms with Gasteiger partial charge in [0.2, 0.25) is 0 Å². The Bertz CT molecular complexity index is 578. The summed E-state index contributed by atoms with van der Waals surface area (Å²) in [6.07, 6.45) is 4.54. The first kappa shape index (κ1) is 12.8. The molecule has 2 rings (SSSR count). The number of carboxylic acid groups (broad SMARTS) is 1. The Balaban J connectivity index is 2.56. The van der Waals surface area contributed by atoms with E-state index in [1.54, 1.807) is 18.3 Å². The second kappa shape index (κ2) is 5.35. The van der Waals surface area contributed by atoms with Gasteiger partial charge in [0.15, 0.2) is 0 Å². The van der Waals surface area contributed by atoms with Gasteiger partial charge in [-0.15, -0.1) is 0 Å². The van der Waals surface area contributed by atoms with Crippen LogP contribution < -0.4 is 0 Å². The molecule has 0 aliphatic rings. The van der Waals surface area contributed by atoms with E-state index in [2.05, 4.69) is 27.8 Å². The van der Waals surface area contributed by atoms with E-state index >= 15 is 0 Å². The van der Waals surface area contributed by atoms with E-state index in [1.165, 1.54) is 0 Å². The van der Waals surface area contributed by atoms with E-state index in [0.29, 0.717) is 11.4 Å². The number of benzene rings is 1. The van der Waals surface area contributed by atoms with Crippen LogP contribution in [-0.2, 0) is 6.54 Å². The van der Waals surface area contributed by atoms with Crippen LogP contribution in [0.3, 0.4) is 0 Å². The molecule has 4 nitrogen and oxygen atoms in total. The number of hydrogen-bond donors (Lipinski definition) is 1. The Kier molecular flexibility index (Phi) is 3.81. The van der Waals surface area contributed by atoms with Crippen molar-refractivity contribution in [2.24, 2.45) is 0 Å². The van der Waals surface area contributed by atoms with Gasteiger partial charge in [0.05, 0.1) is 5.56 Å². The lowest BCUT2D eigenvalue weighted by atomic mass is 10.1. The Morgan fingerprint density at radius 2 is 2.28 bits per heavy atom. The zero-order valence-electron chi connectivity index (χ0n) is 9.93. The number of rotatable bonds is 4. The molecule has 94 valence electrons. The van der Waals surface area contributed by atoms with Gasteiger partial charge >= 0.3 is 5.97 Å². The van der Waals surface area contributed by atoms with Crippen LogP contribution >= 0.6 is 15.9 Å². The van der Waals surface area contributed by atoms with E-state index in [-0.39, 0.29) is 5.56 Å². The van der Waals surface area contributed by atoms with Gasteiger partial charge in [0, 0.05) is 29.0 Å². The summed E-state index contributed by atoms with van der Waals surface area (Å²) in [5.41, 5.74) is 0.900. The number of hydrogen-bond acceptors (Lipinski definition) is 2. The smallest absolute Gasteiger partial charge is 0.336 e. The van der Waals surface area contributed by atoms with Crippen LogP contribution in [0.25, 0.3) is 11.4 Å². The molecule has 1 aromatic carbocycles. The highest BCUT2D eigenvalue weighted by atomic mass is 79.9. The highest BCUT2D eigenvalue weighted by molar-refractivity contribution is 9.10. The van der Waals surface area contributed by atoms with Crippen molar-refractivity contribution < 1.29 is 9.90 Å². The predicted octanol–water partition coefficient (Wildman–Crippen LogP) is 3.42. The summed E-state index contributed by atoms with van der Waals surface area (Å²) in [4.78, 5) is 15.5. The molecule has 18 heavy (non-hydrogen) atoms. The molecule has 0 amide bonds. The fourth-order valence-corrected chi connectivity index (χ4v) is 2.22. The molecule has 0 saturated heterocycles. The molecule has 2 aromatic rings. The normalized spacial score (nSPS) is 10.6. The second-order valence-electron chi connectivity index (χ2n) is 3.94. The van der Waals surface area contributed by atoms with Crippen LogP contribution in [0.2, 0.25) is 0 Å². The topological polar surface area (TPSA) is 55.1 Å². The van der Waals surface area contributed by atoms with E-state index in [1.807, 2.05) is 16.8 Å². The van der Waals surface area contributed by atoms with E-state index in [0.717, 1.165) is 17.4 Å². The monoisotopic (exact) mass is 308 g/mol. The molecular weight excluding hydrogens is 296 g/mol. The lowest BCUT2D eigenvalue weighted by Crippen LogP contribution is -2.04. The number of aryl methyl sites for hydroxylation is 1. The highest BCUT2D eigenvalue weighted by Crippen LogP contribution is 2.25. The molecule has 0 fully saturated rings. The Hall–Kier alpha value is -1.62. The molecule has 0 aliphatic carbocycles. The molecule has 1 N–H and O–H groups in total. The summed E-state index contributed by atoms with van der Waals surface area (Å²) in [6, 6.07) is 5.21. The molecule has 5 heteroatoms. The van der Waals surface area contributed by atoms with Crippen molar-refractivity contribution in [2.45, 2.75) is 19.9 Å². The van der Waals surface area contributed by atoms with Gasteiger partial charge in [0.25, 0.3) is 0 Å². The van der Waals surface area contributed by atoms with Gasteiger partial charge in [-0.3, -0.25) is 0 Å². The minimum Gasteiger partial charge on any atom is -0.478 e. The van der Waals surface area contributed by atoms with Crippen LogP contribution in [0.4, 0.5) is 0 Å². The van der Waals surface area contributed by atoms with Gasteiger partial charge in [-0.25, -0.2) is 9.78 Å². The Morgan fingerprint density at radius 1 is 1.50 bits per heavy atom. The maximum Gasteiger partial charge on any atom is 0.336 e. The predicted molar refractivity (Wildman–Crippen MR) is 72.6 cm³/mol. The lowest BCUT2D eigenvalue weighted by molar-refractivity contribution is 0.0697. The number of imidazole rings is 1. The van der Waals surface area contributed by atoms with Gasteiger partial charge < -0.3 is 9.67 Å². The quantitative estimate of drug-likeness (QED) is 0.941. The number of carbonyl (C=O) groups is 1. The molecular formula is C13H13BrN2O2. The fraction of sp³-hybridized carbons (Fsp3) is 0.231. The average molecular weight is 309 g/mol. The van der Waals surface area contributed by atoms with Crippen molar-refractivity contribution in [3.8, 4) is 11.4 Å². The minimum absolute atomic E-state index is 0.257. The highest BCUT2D eigenvalue weighted by Gasteiger charge is 2.15. The molecule has 0 spiro atoms. The van der Waals surface area contributed by atoms with Crippen LogP contribution in [0.5, 0.6) is 0 Å². The molecule has 0 aliphatic heterocycles. The number of nitrogens with zero attached hydrogens (tertiary/aromatic N) is 2. The van der Waals surface area contributed by atoms with Crippen LogP contribution in [0.15, 0.2) is 35.1 Å². The Labute approximate surface area is 113 Å². The van der Waals surface area contributed by atoms with Crippen molar-refractivity contribution in [2.75, 3.05) is 0 Å². The number of halogens is 1. The largest absolute Gasteiger partial charge is 0.478 e. The SMILES string of the molecule is CCCn1ccnc1-c1ccc(Br)cc1C(=O)O. The van der Waals surface area contributed by atoms with Gasteiger partial charge in [-0.05, 0) is 24.6 Å². The van der Waals surface area contributed by atoms with Crippen LogP contribution in [0, 0.1) is 0 Å². The van der Waals surface area contributed by atoms with E-state index < -0.39 is 5.97 Å². The maximum absolute atomic E-state index is 11.3. The van der Waals surface area contributed by atoms with Crippen molar-refractivity contribution in [1.29, 1.82) is 0 Å². The van der Waals surface area contributed by atoms with Crippen LogP contribution in [0.1, 0.15) is 23.7 Å². The summed E-state index contributed by atoms with van der Waals surface area (Å²) in [5, 5.41) is 9.25. The van der Waals surface area contributed by atoms with E-state index in [9.17, 15) is 9.90 Å². The number of aromatic carboxylic acids is 1. The first-order valence-corrected chi connectivity index (χ1v) is 6.47. The van der Waals surface area contributed by atoms with Gasteiger partial charge in [0.1, 0.15) is 5.82 Å². The second-order valence-corrected chi connectivity index (χ2v) is 4.85. The molecule has 0 bridgehead atoms. The average Bonchev–Trinajstić information content (AvgIpc) is 2.77. The summed E-state index contributed by atoms with van der Waals surface area (Å²) in [5.74, 6) is -0.251. The minimum atomic E-state index is -0.947. The zero-order chi connectivity index (χ0) is 13.1. The molecule has 1 aromatic heterocycles. The maximum atomic E-state index is 11.3. The third kappa shape index (κ3) is 2.46. The first-order chi connectivity index (χ1) is 8.63. The molecule has 0 unspecified atom stereocenters. The molecule has 0 atom stereocenters. The van der Waals surface area contributed by atoms with Crippen molar-refractivity contribution in [1.82, 2.24) is 9.55 Å². The van der Waals surface area contributed by atoms with Crippen molar-refractivity contribution in [3.63, 3.8) is 0 Å². The molecule has 0 saturated carbocycles. The zero-order valence-corrected chi connectivity index (χ0v) is 11.5. The Morgan fingerprint density at radius 3 is 2.94 bits per heavy atom. The summed E-state index contributed by atoms with van der Waals surface area (Å²) in [6.45, 7) is 2.90. The lowest BCUT2D eigenvalue weighted by Gasteiger charge is -2.09. The molecule has 0 radical (unpaired) electrons. The standard InChI is InChI=1S/C13H13BrN2O2/c1-2-6-16-7-5-15-12(16)10-4-3-9(14)8-11(10)13(17)18/h3-5,7-8H,2,6H2,1H3,(H,17,18). The summed E-state index contributed by atoms with van der Waals surface area (Å²) >= 11 is 3.29. The van der Waals surface area contributed by atoms with Crippen molar-refractivity contribution >= 4 is 21.9 Å². The fourth-order valence-electron chi connectivity index (χ4n) is 1.86. The van der Waals surface area contributed by atoms with Crippen molar-refractivity contribution in [3.05, 3.63) is 40.6 Å². The van der Waals surface area contributed by atoms with Gasteiger partial charge in [-0.2, -0.15) is 0 Å². The van der Waals surface area contributed by atoms with Crippen LogP contribution in [-0.4, -0.2) is 20.6 Å². The number of carboxylic acids is 1. The number of aromatic nitrogens is 2. The summed E-state index contributed by atoms with van der Waals surface area (Å²) < 4.78 is 2.72. The van der Waals surface area contributed by atoms with Gasteiger partial charge in [-0.1, -0.05) is 22.9 Å².